The molecule has 2 rings (SSSR count). The molecule has 2 aromatic rings. The molecule has 0 unspecified atom stereocenters. The van der Waals surface area contributed by atoms with E-state index in [1.807, 2.05) is 6.92 Å². The average molecular weight is 376 g/mol. The van der Waals surface area contributed by atoms with Gasteiger partial charge in [0.1, 0.15) is 5.69 Å². The van der Waals surface area contributed by atoms with Gasteiger partial charge in [0, 0.05) is 17.7 Å². The predicted molar refractivity (Wildman–Crippen MR) is 86.4 cm³/mol. The van der Waals surface area contributed by atoms with Crippen molar-refractivity contribution in [3.63, 3.8) is 0 Å². The highest BCUT2D eigenvalue weighted by Gasteiger charge is 2.36. The largest absolute Gasteiger partial charge is 0.452 e. The molecular weight excluding hydrogens is 357 g/mol. The van der Waals surface area contributed by atoms with Gasteiger partial charge in [0.05, 0.1) is 4.90 Å². The second kappa shape index (κ2) is 7.17. The van der Waals surface area contributed by atoms with Crippen LogP contribution < -0.4 is 4.72 Å². The first-order valence-corrected chi connectivity index (χ1v) is 9.26. The number of hydrogen-bond donors (Lipinski definition) is 1. The molecule has 0 bridgehead atoms. The van der Waals surface area contributed by atoms with Crippen LogP contribution in [0.2, 0.25) is 0 Å². The fourth-order valence-corrected chi connectivity index (χ4v) is 3.88. The number of sulfonamides is 1. The molecule has 5 nitrogen and oxygen atoms in total. The van der Waals surface area contributed by atoms with E-state index in [0.29, 0.717) is 18.4 Å². The minimum Gasteiger partial charge on any atom is -0.351 e. The maximum Gasteiger partial charge on any atom is 0.452 e. The van der Waals surface area contributed by atoms with Crippen LogP contribution in [0.5, 0.6) is 0 Å². The molecule has 0 amide bonds. The van der Waals surface area contributed by atoms with Crippen LogP contribution in [0.3, 0.4) is 0 Å². The zero-order valence-corrected chi connectivity index (χ0v) is 14.8. The van der Waals surface area contributed by atoms with Crippen LogP contribution >= 0.6 is 0 Å². The molecule has 0 saturated carbocycles. The van der Waals surface area contributed by atoms with Crippen molar-refractivity contribution in [2.24, 2.45) is 0 Å². The van der Waals surface area contributed by atoms with E-state index in [0.717, 1.165) is 6.07 Å². The van der Waals surface area contributed by atoms with Crippen LogP contribution in [0.25, 0.3) is 11.3 Å². The quantitative estimate of drug-likeness (QED) is 0.827. The lowest BCUT2D eigenvalue weighted by molar-refractivity contribution is -0.155. The lowest BCUT2D eigenvalue weighted by Crippen LogP contribution is -2.32. The molecular formula is C16H19F3N2O3S. The molecule has 1 aromatic carbocycles. The molecule has 0 spiro atoms. The monoisotopic (exact) mass is 376 g/mol. The number of halogens is 3. The van der Waals surface area contributed by atoms with Crippen molar-refractivity contribution in [1.82, 2.24) is 9.88 Å². The van der Waals surface area contributed by atoms with Crippen LogP contribution in [0.4, 0.5) is 13.2 Å². The van der Waals surface area contributed by atoms with Gasteiger partial charge in [-0.15, -0.1) is 0 Å². The van der Waals surface area contributed by atoms with E-state index in [1.54, 1.807) is 19.9 Å². The van der Waals surface area contributed by atoms with Crippen molar-refractivity contribution in [1.29, 1.82) is 0 Å². The van der Waals surface area contributed by atoms with Gasteiger partial charge in [0.2, 0.25) is 15.8 Å². The summed E-state index contributed by atoms with van der Waals surface area (Å²) in [5.74, 6) is -1.23. The smallest absolute Gasteiger partial charge is 0.351 e. The zero-order valence-electron chi connectivity index (χ0n) is 14.0. The zero-order chi connectivity index (χ0) is 18.8. The maximum atomic E-state index is 12.6. The Morgan fingerprint density at radius 2 is 1.92 bits per heavy atom. The normalized spacial score (nSPS) is 13.8. The number of aromatic nitrogens is 1. The number of rotatable bonds is 6. The second-order valence-electron chi connectivity index (χ2n) is 5.68. The SMILES string of the molecule is CCc1ccc(-c2cc(C(F)(F)F)on2)cc1S(=O)(=O)N[C@@H](C)CC. The lowest BCUT2D eigenvalue weighted by Gasteiger charge is -2.15. The van der Waals surface area contributed by atoms with Crippen molar-refractivity contribution in [3.05, 3.63) is 35.6 Å². The average Bonchev–Trinajstić information content (AvgIpc) is 3.04. The lowest BCUT2D eigenvalue weighted by atomic mass is 10.1. The number of benzene rings is 1. The third kappa shape index (κ3) is 4.40. The van der Waals surface area contributed by atoms with Gasteiger partial charge in [0.25, 0.3) is 0 Å². The Morgan fingerprint density at radius 1 is 1.24 bits per heavy atom. The Labute approximate surface area is 144 Å². The van der Waals surface area contributed by atoms with E-state index in [-0.39, 0.29) is 22.2 Å². The first kappa shape index (κ1) is 19.5. The minimum absolute atomic E-state index is 0.0318. The number of nitrogens with one attached hydrogen (secondary N) is 1. The summed E-state index contributed by atoms with van der Waals surface area (Å²) in [4.78, 5) is 0.0318. The molecule has 138 valence electrons. The summed E-state index contributed by atoms with van der Waals surface area (Å²) in [6.45, 7) is 5.38. The highest BCUT2D eigenvalue weighted by atomic mass is 32.2. The van der Waals surface area contributed by atoms with Crippen molar-refractivity contribution in [3.8, 4) is 11.3 Å². The third-order valence-corrected chi connectivity index (χ3v) is 5.46. The van der Waals surface area contributed by atoms with Gasteiger partial charge in [-0.1, -0.05) is 31.1 Å². The van der Waals surface area contributed by atoms with Gasteiger partial charge >= 0.3 is 6.18 Å². The molecule has 1 N–H and O–H groups in total. The summed E-state index contributed by atoms with van der Waals surface area (Å²) >= 11 is 0. The first-order chi connectivity index (χ1) is 11.6. The van der Waals surface area contributed by atoms with E-state index in [2.05, 4.69) is 14.4 Å². The molecule has 0 aliphatic carbocycles. The number of nitrogens with zero attached hydrogens (tertiary/aromatic N) is 1. The summed E-state index contributed by atoms with van der Waals surface area (Å²) in [6, 6.07) is 4.91. The molecule has 1 heterocycles. The number of aryl methyl sites for hydroxylation is 1. The summed E-state index contributed by atoms with van der Waals surface area (Å²) < 4.78 is 70.0. The molecule has 0 aliphatic rings. The topological polar surface area (TPSA) is 72.2 Å². The van der Waals surface area contributed by atoms with Crippen molar-refractivity contribution < 1.29 is 26.1 Å². The van der Waals surface area contributed by atoms with Crippen LogP contribution in [0.1, 0.15) is 38.5 Å². The van der Waals surface area contributed by atoms with E-state index in [4.69, 9.17) is 0 Å². The van der Waals surface area contributed by atoms with Gasteiger partial charge < -0.3 is 4.52 Å². The minimum atomic E-state index is -4.65. The molecule has 1 aromatic heterocycles. The van der Waals surface area contributed by atoms with E-state index in [1.165, 1.54) is 12.1 Å². The van der Waals surface area contributed by atoms with Crippen LogP contribution in [0.15, 0.2) is 33.7 Å². The Balaban J connectivity index is 2.49. The maximum absolute atomic E-state index is 12.6. The highest BCUT2D eigenvalue weighted by Crippen LogP contribution is 2.33. The molecule has 9 heteroatoms. The van der Waals surface area contributed by atoms with Crippen molar-refractivity contribution in [2.75, 3.05) is 0 Å². The standard InChI is InChI=1S/C16H19F3N2O3S/c1-4-10(3)21-25(22,23)14-8-12(7-6-11(14)5-2)13-9-15(24-20-13)16(17,18)19/h6-10,21H,4-5H2,1-3H3/t10-/m0/s1. The molecule has 0 radical (unpaired) electrons. The molecule has 0 saturated heterocycles. The molecule has 1 atom stereocenters. The Kier molecular flexibility index (Phi) is 5.58. The van der Waals surface area contributed by atoms with Gasteiger partial charge in [-0.05, 0) is 31.4 Å². The highest BCUT2D eigenvalue weighted by molar-refractivity contribution is 7.89. The van der Waals surface area contributed by atoms with Crippen molar-refractivity contribution >= 4 is 10.0 Å². The van der Waals surface area contributed by atoms with Crippen LogP contribution in [0, 0.1) is 0 Å². The Morgan fingerprint density at radius 3 is 2.44 bits per heavy atom. The van der Waals surface area contributed by atoms with Crippen molar-refractivity contribution in [2.45, 2.75) is 50.7 Å². The number of hydrogen-bond acceptors (Lipinski definition) is 4. The molecule has 0 aliphatic heterocycles. The van der Waals surface area contributed by atoms with E-state index < -0.39 is 22.0 Å². The van der Waals surface area contributed by atoms with Crippen LogP contribution in [-0.2, 0) is 22.6 Å². The summed E-state index contributed by atoms with van der Waals surface area (Å²) in [5, 5.41) is 3.40. The van der Waals surface area contributed by atoms with Crippen LogP contribution in [-0.4, -0.2) is 19.6 Å². The van der Waals surface area contributed by atoms with Gasteiger partial charge in [-0.2, -0.15) is 13.2 Å². The molecule has 0 fully saturated rings. The van der Waals surface area contributed by atoms with E-state index in [9.17, 15) is 21.6 Å². The first-order valence-electron chi connectivity index (χ1n) is 7.78. The second-order valence-corrected chi connectivity index (χ2v) is 7.36. The fraction of sp³-hybridized carbons (Fsp3) is 0.438. The summed E-state index contributed by atoms with van der Waals surface area (Å²) in [6.07, 6.45) is -3.58. The number of alkyl halides is 3. The fourth-order valence-electron chi connectivity index (χ4n) is 2.21. The van der Waals surface area contributed by atoms with Gasteiger partial charge in [-0.25, -0.2) is 13.1 Å². The summed E-state index contributed by atoms with van der Waals surface area (Å²) in [5.41, 5.74) is 0.732. The Hall–Kier alpha value is -1.87. The predicted octanol–water partition coefficient (Wildman–Crippen LogP) is 4.00. The molecule has 25 heavy (non-hydrogen) atoms. The van der Waals surface area contributed by atoms with Gasteiger partial charge in [0.15, 0.2) is 0 Å². The van der Waals surface area contributed by atoms with E-state index >= 15 is 0 Å². The Bertz CT molecular complexity index is 845. The third-order valence-electron chi connectivity index (χ3n) is 3.79. The summed E-state index contributed by atoms with van der Waals surface area (Å²) in [7, 11) is -3.80. The van der Waals surface area contributed by atoms with Gasteiger partial charge in [-0.3, -0.25) is 0 Å².